The van der Waals surface area contributed by atoms with E-state index < -0.39 is 0 Å². The molecule has 2 nitrogen and oxygen atoms in total. The summed E-state index contributed by atoms with van der Waals surface area (Å²) in [5.74, 6) is 0. The second-order valence-electron chi connectivity index (χ2n) is 12.5. The fraction of sp³-hybridized carbons (Fsp3) is 0. The van der Waals surface area contributed by atoms with Gasteiger partial charge in [-0.3, -0.25) is 0 Å². The van der Waals surface area contributed by atoms with Crippen molar-refractivity contribution in [2.24, 2.45) is 0 Å². The Morgan fingerprint density at radius 1 is 0.280 bits per heavy atom. The SMILES string of the molecule is c1ccc(N(c2ccccc2)c2ccc3c(c2)sc2c4sc5cc(N(c6ccccc6)c6ccccc6)ccc5c4c4ccccc4c32)cc1. The molecule has 0 saturated heterocycles. The van der Waals surface area contributed by atoms with E-state index in [2.05, 4.69) is 192 Å². The highest BCUT2D eigenvalue weighted by Crippen LogP contribution is 2.51. The van der Waals surface area contributed by atoms with E-state index in [0.717, 1.165) is 34.1 Å². The van der Waals surface area contributed by atoms with E-state index in [1.165, 1.54) is 51.1 Å². The van der Waals surface area contributed by atoms with Gasteiger partial charge >= 0.3 is 0 Å². The summed E-state index contributed by atoms with van der Waals surface area (Å²) in [7, 11) is 0. The van der Waals surface area contributed by atoms with E-state index in [1.807, 2.05) is 22.7 Å². The Balaban J connectivity index is 1.20. The Hall–Kier alpha value is -5.94. The summed E-state index contributed by atoms with van der Waals surface area (Å²) in [4.78, 5) is 4.70. The van der Waals surface area contributed by atoms with Crippen LogP contribution in [0.3, 0.4) is 0 Å². The van der Waals surface area contributed by atoms with Crippen LogP contribution in [0.1, 0.15) is 0 Å². The molecule has 0 amide bonds. The van der Waals surface area contributed by atoms with Gasteiger partial charge in [-0.2, -0.15) is 0 Å². The molecule has 0 spiro atoms. The average molecular weight is 675 g/mol. The van der Waals surface area contributed by atoms with Crippen LogP contribution in [-0.4, -0.2) is 0 Å². The molecule has 0 atom stereocenters. The van der Waals surface area contributed by atoms with Crippen LogP contribution in [0, 0.1) is 0 Å². The number of benzene rings is 8. The molecule has 50 heavy (non-hydrogen) atoms. The minimum Gasteiger partial charge on any atom is -0.310 e. The fourth-order valence-electron chi connectivity index (χ4n) is 7.43. The van der Waals surface area contributed by atoms with Gasteiger partial charge in [0.25, 0.3) is 0 Å². The molecular weight excluding hydrogens is 645 g/mol. The summed E-state index contributed by atoms with van der Waals surface area (Å²) in [5.41, 5.74) is 6.90. The Morgan fingerprint density at radius 2 is 0.600 bits per heavy atom. The fourth-order valence-corrected chi connectivity index (χ4v) is 10.1. The molecule has 0 radical (unpaired) electrons. The third-order valence-corrected chi connectivity index (χ3v) is 12.1. The lowest BCUT2D eigenvalue weighted by Crippen LogP contribution is -2.09. The first-order valence-electron chi connectivity index (χ1n) is 16.9. The molecule has 0 N–H and O–H groups in total. The summed E-state index contributed by atoms with van der Waals surface area (Å²) in [6, 6.07) is 65.6. The van der Waals surface area contributed by atoms with Crippen LogP contribution in [0.5, 0.6) is 0 Å². The quantitative estimate of drug-likeness (QED) is 0.173. The summed E-state index contributed by atoms with van der Waals surface area (Å²) in [6.07, 6.45) is 0. The molecule has 0 aliphatic carbocycles. The number of hydrogen-bond donors (Lipinski definition) is 0. The average Bonchev–Trinajstić information content (AvgIpc) is 3.76. The van der Waals surface area contributed by atoms with Crippen LogP contribution in [0.25, 0.3) is 51.1 Å². The molecule has 0 aliphatic rings. The molecule has 10 rings (SSSR count). The third kappa shape index (κ3) is 4.68. The molecule has 0 fully saturated rings. The van der Waals surface area contributed by atoms with Crippen LogP contribution in [0.4, 0.5) is 34.1 Å². The van der Waals surface area contributed by atoms with Gasteiger partial charge in [0, 0.05) is 65.1 Å². The highest BCUT2D eigenvalue weighted by Gasteiger charge is 2.21. The maximum Gasteiger partial charge on any atom is 0.0540 e. The molecule has 10 aromatic rings. The summed E-state index contributed by atoms with van der Waals surface area (Å²) in [5, 5.41) is 7.96. The molecule has 2 heterocycles. The number of fused-ring (bicyclic) bond motifs is 10. The first-order chi connectivity index (χ1) is 24.8. The second kappa shape index (κ2) is 11.9. The van der Waals surface area contributed by atoms with Crippen LogP contribution >= 0.6 is 22.7 Å². The summed E-state index contributed by atoms with van der Waals surface area (Å²) >= 11 is 3.84. The molecule has 4 heteroatoms. The normalized spacial score (nSPS) is 11.6. The highest BCUT2D eigenvalue weighted by molar-refractivity contribution is 7.33. The number of hydrogen-bond acceptors (Lipinski definition) is 4. The molecular formula is C46H30N2S2. The van der Waals surface area contributed by atoms with Crippen molar-refractivity contribution >= 4 is 108 Å². The van der Waals surface area contributed by atoms with Gasteiger partial charge < -0.3 is 9.80 Å². The van der Waals surface area contributed by atoms with Crippen LogP contribution < -0.4 is 9.80 Å². The Labute approximate surface area is 298 Å². The standard InChI is InChI=1S/C46H30N2S2/c1-5-15-31(16-6-1)47(32-17-7-2-8-18-32)35-25-27-39-41(29-35)49-45-43(39)37-23-13-14-24-38(37)44-40-28-26-36(30-42(40)50-46(44)45)48(33-19-9-3-10-20-33)34-21-11-4-12-22-34/h1-30H. The predicted molar refractivity (Wildman–Crippen MR) is 219 cm³/mol. The largest absolute Gasteiger partial charge is 0.310 e. The monoisotopic (exact) mass is 674 g/mol. The van der Waals surface area contributed by atoms with E-state index in [9.17, 15) is 0 Å². The van der Waals surface area contributed by atoms with Gasteiger partial charge in [-0.15, -0.1) is 22.7 Å². The third-order valence-electron chi connectivity index (χ3n) is 9.59. The molecule has 0 saturated carbocycles. The van der Waals surface area contributed by atoms with Crippen molar-refractivity contribution < 1.29 is 0 Å². The van der Waals surface area contributed by atoms with Crippen LogP contribution in [0.15, 0.2) is 182 Å². The molecule has 8 aromatic carbocycles. The zero-order valence-corrected chi connectivity index (χ0v) is 28.7. The lowest BCUT2D eigenvalue weighted by atomic mass is 9.99. The number of para-hydroxylation sites is 4. The van der Waals surface area contributed by atoms with Crippen molar-refractivity contribution in [3.05, 3.63) is 182 Å². The first-order valence-corrected chi connectivity index (χ1v) is 18.5. The van der Waals surface area contributed by atoms with E-state index in [-0.39, 0.29) is 0 Å². The smallest absolute Gasteiger partial charge is 0.0540 e. The Bertz CT molecular complexity index is 2530. The lowest BCUT2D eigenvalue weighted by Gasteiger charge is -2.25. The second-order valence-corrected chi connectivity index (χ2v) is 14.6. The van der Waals surface area contributed by atoms with Gasteiger partial charge in [0.05, 0.1) is 9.40 Å². The molecule has 0 bridgehead atoms. The van der Waals surface area contributed by atoms with E-state index in [0.29, 0.717) is 0 Å². The van der Waals surface area contributed by atoms with Crippen LogP contribution in [-0.2, 0) is 0 Å². The van der Waals surface area contributed by atoms with Crippen molar-refractivity contribution in [1.82, 2.24) is 0 Å². The van der Waals surface area contributed by atoms with Gasteiger partial charge in [0.1, 0.15) is 0 Å². The minimum atomic E-state index is 1.15. The van der Waals surface area contributed by atoms with Crippen molar-refractivity contribution in [2.45, 2.75) is 0 Å². The molecule has 0 aliphatic heterocycles. The predicted octanol–water partition coefficient (Wildman–Crippen LogP) is 14.5. The topological polar surface area (TPSA) is 6.48 Å². The number of rotatable bonds is 6. The Kier molecular flexibility index (Phi) is 6.90. The summed E-state index contributed by atoms with van der Waals surface area (Å²) < 4.78 is 5.32. The van der Waals surface area contributed by atoms with Gasteiger partial charge in [0.2, 0.25) is 0 Å². The van der Waals surface area contributed by atoms with Gasteiger partial charge in [-0.05, 0) is 83.6 Å². The van der Waals surface area contributed by atoms with Crippen LogP contribution in [0.2, 0.25) is 0 Å². The lowest BCUT2D eigenvalue weighted by molar-refractivity contribution is 1.29. The maximum absolute atomic E-state index is 2.38. The number of thiophene rings is 2. The highest BCUT2D eigenvalue weighted by atomic mass is 32.1. The zero-order valence-electron chi connectivity index (χ0n) is 27.0. The summed E-state index contributed by atoms with van der Waals surface area (Å²) in [6.45, 7) is 0. The number of anilines is 6. The van der Waals surface area contributed by atoms with Crippen molar-refractivity contribution in [1.29, 1.82) is 0 Å². The molecule has 0 unspecified atom stereocenters. The van der Waals surface area contributed by atoms with Gasteiger partial charge in [-0.1, -0.05) is 109 Å². The first kappa shape index (κ1) is 29.0. The van der Waals surface area contributed by atoms with E-state index >= 15 is 0 Å². The van der Waals surface area contributed by atoms with Crippen molar-refractivity contribution in [3.63, 3.8) is 0 Å². The van der Waals surface area contributed by atoms with Crippen molar-refractivity contribution in [3.8, 4) is 0 Å². The molecule has 236 valence electrons. The Morgan fingerprint density at radius 3 is 0.940 bits per heavy atom. The van der Waals surface area contributed by atoms with E-state index in [4.69, 9.17) is 0 Å². The van der Waals surface area contributed by atoms with Gasteiger partial charge in [0.15, 0.2) is 0 Å². The van der Waals surface area contributed by atoms with Gasteiger partial charge in [-0.25, -0.2) is 0 Å². The minimum absolute atomic E-state index is 1.15. The van der Waals surface area contributed by atoms with Crippen molar-refractivity contribution in [2.75, 3.05) is 9.80 Å². The zero-order chi connectivity index (χ0) is 33.0. The maximum atomic E-state index is 2.38. The van der Waals surface area contributed by atoms with E-state index in [1.54, 1.807) is 0 Å². The number of nitrogens with zero attached hydrogens (tertiary/aromatic N) is 2. The molecule has 2 aromatic heterocycles.